The Balaban J connectivity index is 1.97. The SMILES string of the molecule is CCCN1CCC(NC(=NCC(C)(C)c2cccc(OC)c2)NCC)CC1. The Kier molecular flexibility index (Phi) is 8.42. The number of ether oxygens (including phenoxy) is 1. The summed E-state index contributed by atoms with van der Waals surface area (Å²) in [5.74, 6) is 1.83. The van der Waals surface area contributed by atoms with E-state index in [2.05, 4.69) is 55.4 Å². The van der Waals surface area contributed by atoms with Gasteiger partial charge in [-0.05, 0) is 50.4 Å². The molecule has 5 nitrogen and oxygen atoms in total. The first-order chi connectivity index (χ1) is 13.0. The molecule has 0 radical (unpaired) electrons. The van der Waals surface area contributed by atoms with Gasteiger partial charge in [0.25, 0.3) is 0 Å². The molecule has 0 aliphatic carbocycles. The van der Waals surface area contributed by atoms with E-state index >= 15 is 0 Å². The molecule has 0 amide bonds. The number of rotatable bonds is 8. The third-order valence-corrected chi connectivity index (χ3v) is 5.30. The van der Waals surface area contributed by atoms with Crippen molar-refractivity contribution in [3.63, 3.8) is 0 Å². The van der Waals surface area contributed by atoms with Gasteiger partial charge in [0, 0.05) is 31.1 Å². The molecular formula is C22H38N4O. The predicted octanol–water partition coefficient (Wildman–Crippen LogP) is 3.40. The third-order valence-electron chi connectivity index (χ3n) is 5.30. The maximum Gasteiger partial charge on any atom is 0.191 e. The number of aliphatic imine (C=N–C) groups is 1. The van der Waals surface area contributed by atoms with Crippen LogP contribution in [-0.2, 0) is 5.41 Å². The molecule has 1 aromatic rings. The number of benzene rings is 1. The second-order valence-corrected chi connectivity index (χ2v) is 8.07. The summed E-state index contributed by atoms with van der Waals surface area (Å²) in [6.45, 7) is 14.0. The Morgan fingerprint density at radius 3 is 2.63 bits per heavy atom. The predicted molar refractivity (Wildman–Crippen MR) is 115 cm³/mol. The summed E-state index contributed by atoms with van der Waals surface area (Å²) in [4.78, 5) is 7.47. The topological polar surface area (TPSA) is 48.9 Å². The zero-order valence-corrected chi connectivity index (χ0v) is 17.8. The Hall–Kier alpha value is -1.75. The van der Waals surface area contributed by atoms with E-state index in [0.717, 1.165) is 24.8 Å². The molecule has 1 aliphatic heterocycles. The second-order valence-electron chi connectivity index (χ2n) is 8.07. The van der Waals surface area contributed by atoms with Crippen LogP contribution >= 0.6 is 0 Å². The highest BCUT2D eigenvalue weighted by atomic mass is 16.5. The molecule has 5 heteroatoms. The number of hydrogen-bond acceptors (Lipinski definition) is 3. The van der Waals surface area contributed by atoms with Crippen LogP contribution in [-0.4, -0.2) is 56.7 Å². The largest absolute Gasteiger partial charge is 0.497 e. The first-order valence-electron chi connectivity index (χ1n) is 10.4. The standard InChI is InChI=1S/C22H38N4O/c1-6-13-26-14-11-19(12-15-26)25-21(23-7-2)24-17-22(3,4)18-9-8-10-20(16-18)27-5/h8-10,16,19H,6-7,11-15,17H2,1-5H3,(H2,23,24,25). The number of nitrogens with zero attached hydrogens (tertiary/aromatic N) is 2. The molecule has 1 aromatic carbocycles. The van der Waals surface area contributed by atoms with Crippen LogP contribution in [0.2, 0.25) is 0 Å². The molecular weight excluding hydrogens is 336 g/mol. The smallest absolute Gasteiger partial charge is 0.191 e. The minimum absolute atomic E-state index is 0.0542. The fourth-order valence-electron chi connectivity index (χ4n) is 3.54. The molecule has 0 bridgehead atoms. The summed E-state index contributed by atoms with van der Waals surface area (Å²) >= 11 is 0. The number of guanidine groups is 1. The van der Waals surface area contributed by atoms with Crippen molar-refractivity contribution < 1.29 is 4.74 Å². The fraction of sp³-hybridized carbons (Fsp3) is 0.682. The highest BCUT2D eigenvalue weighted by Crippen LogP contribution is 2.26. The normalized spacial score (nSPS) is 17.0. The van der Waals surface area contributed by atoms with E-state index in [1.54, 1.807) is 7.11 Å². The van der Waals surface area contributed by atoms with Gasteiger partial charge in [0.15, 0.2) is 5.96 Å². The number of piperidine rings is 1. The molecule has 1 aliphatic rings. The van der Waals surface area contributed by atoms with Crippen LogP contribution < -0.4 is 15.4 Å². The lowest BCUT2D eigenvalue weighted by molar-refractivity contribution is 0.206. The molecule has 0 spiro atoms. The average Bonchev–Trinajstić information content (AvgIpc) is 2.68. The molecule has 2 N–H and O–H groups in total. The van der Waals surface area contributed by atoms with Gasteiger partial charge < -0.3 is 20.3 Å². The maximum atomic E-state index is 5.38. The molecule has 1 saturated heterocycles. The summed E-state index contributed by atoms with van der Waals surface area (Å²) in [6.07, 6.45) is 3.61. The van der Waals surface area contributed by atoms with Gasteiger partial charge in [-0.15, -0.1) is 0 Å². The highest BCUT2D eigenvalue weighted by molar-refractivity contribution is 5.80. The third kappa shape index (κ3) is 6.73. The Labute approximate surface area is 165 Å². The molecule has 0 unspecified atom stereocenters. The van der Waals surface area contributed by atoms with Crippen LogP contribution in [0.5, 0.6) is 5.75 Å². The van der Waals surface area contributed by atoms with E-state index in [1.165, 1.54) is 44.5 Å². The summed E-state index contributed by atoms with van der Waals surface area (Å²) in [5, 5.41) is 7.07. The van der Waals surface area contributed by atoms with E-state index in [4.69, 9.17) is 9.73 Å². The van der Waals surface area contributed by atoms with Gasteiger partial charge in [-0.3, -0.25) is 4.99 Å². The van der Waals surface area contributed by atoms with Gasteiger partial charge in [-0.1, -0.05) is 32.9 Å². The van der Waals surface area contributed by atoms with Gasteiger partial charge in [0.2, 0.25) is 0 Å². The number of hydrogen-bond donors (Lipinski definition) is 2. The van der Waals surface area contributed by atoms with E-state index in [-0.39, 0.29) is 5.41 Å². The fourth-order valence-corrected chi connectivity index (χ4v) is 3.54. The van der Waals surface area contributed by atoms with Crippen molar-refractivity contribution in [1.82, 2.24) is 15.5 Å². The van der Waals surface area contributed by atoms with Gasteiger partial charge in [0.05, 0.1) is 13.7 Å². The zero-order chi connectivity index (χ0) is 19.7. The van der Waals surface area contributed by atoms with Crippen molar-refractivity contribution in [2.24, 2.45) is 4.99 Å². The number of methoxy groups -OCH3 is 1. The van der Waals surface area contributed by atoms with E-state index in [9.17, 15) is 0 Å². The summed E-state index contributed by atoms with van der Waals surface area (Å²) in [7, 11) is 1.71. The van der Waals surface area contributed by atoms with Crippen LogP contribution in [0.25, 0.3) is 0 Å². The van der Waals surface area contributed by atoms with Crippen molar-refractivity contribution in [3.05, 3.63) is 29.8 Å². The van der Waals surface area contributed by atoms with Crippen molar-refractivity contribution in [3.8, 4) is 5.75 Å². The highest BCUT2D eigenvalue weighted by Gasteiger charge is 2.22. The number of nitrogens with one attached hydrogen (secondary N) is 2. The molecule has 2 rings (SSSR count). The monoisotopic (exact) mass is 374 g/mol. The molecule has 0 atom stereocenters. The van der Waals surface area contributed by atoms with Crippen molar-refractivity contribution in [1.29, 1.82) is 0 Å². The van der Waals surface area contributed by atoms with Gasteiger partial charge in [0.1, 0.15) is 5.75 Å². The summed E-state index contributed by atoms with van der Waals surface area (Å²) in [5.41, 5.74) is 1.19. The Morgan fingerprint density at radius 2 is 2.00 bits per heavy atom. The Morgan fingerprint density at radius 1 is 1.26 bits per heavy atom. The first-order valence-corrected chi connectivity index (χ1v) is 10.4. The molecule has 0 saturated carbocycles. The lowest BCUT2D eigenvalue weighted by Crippen LogP contribution is -2.49. The molecule has 0 aromatic heterocycles. The van der Waals surface area contributed by atoms with E-state index in [0.29, 0.717) is 6.04 Å². The lowest BCUT2D eigenvalue weighted by Gasteiger charge is -2.33. The van der Waals surface area contributed by atoms with Gasteiger partial charge in [-0.25, -0.2) is 0 Å². The zero-order valence-electron chi connectivity index (χ0n) is 17.8. The second kappa shape index (κ2) is 10.5. The molecule has 1 heterocycles. The van der Waals surface area contributed by atoms with Crippen LogP contribution in [0.4, 0.5) is 0 Å². The van der Waals surface area contributed by atoms with Crippen LogP contribution in [0, 0.1) is 0 Å². The Bertz CT molecular complexity index is 592. The van der Waals surface area contributed by atoms with E-state index in [1.807, 2.05) is 12.1 Å². The van der Waals surface area contributed by atoms with Gasteiger partial charge in [-0.2, -0.15) is 0 Å². The van der Waals surface area contributed by atoms with Crippen molar-refractivity contribution >= 4 is 5.96 Å². The van der Waals surface area contributed by atoms with Crippen LogP contribution in [0.3, 0.4) is 0 Å². The average molecular weight is 375 g/mol. The molecule has 152 valence electrons. The van der Waals surface area contributed by atoms with Crippen molar-refractivity contribution in [2.75, 3.05) is 39.8 Å². The van der Waals surface area contributed by atoms with Gasteiger partial charge >= 0.3 is 0 Å². The van der Waals surface area contributed by atoms with E-state index < -0.39 is 0 Å². The van der Waals surface area contributed by atoms with Crippen LogP contribution in [0.15, 0.2) is 29.3 Å². The minimum Gasteiger partial charge on any atom is -0.497 e. The minimum atomic E-state index is -0.0542. The summed E-state index contributed by atoms with van der Waals surface area (Å²) < 4.78 is 5.38. The van der Waals surface area contributed by atoms with Crippen LogP contribution in [0.1, 0.15) is 52.5 Å². The molecule has 1 fully saturated rings. The molecule has 27 heavy (non-hydrogen) atoms. The van der Waals surface area contributed by atoms with Crippen molar-refractivity contribution in [2.45, 2.75) is 58.4 Å². The number of likely N-dealkylation sites (tertiary alicyclic amines) is 1. The first kappa shape index (κ1) is 21.5. The lowest BCUT2D eigenvalue weighted by atomic mass is 9.84. The quantitative estimate of drug-likeness (QED) is 0.541. The maximum absolute atomic E-state index is 5.38. The summed E-state index contributed by atoms with van der Waals surface area (Å²) in [6, 6.07) is 8.81.